The lowest BCUT2D eigenvalue weighted by molar-refractivity contribution is 0.199. The topological polar surface area (TPSA) is 36.4 Å². The molecule has 1 N–H and O–H groups in total. The minimum absolute atomic E-state index is 0.452. The third-order valence-corrected chi connectivity index (χ3v) is 3.48. The Kier molecular flexibility index (Phi) is 3.76. The second kappa shape index (κ2) is 5.29. The van der Waals surface area contributed by atoms with Crippen LogP contribution in [0.3, 0.4) is 0 Å². The van der Waals surface area contributed by atoms with Gasteiger partial charge in [-0.15, -0.1) is 11.3 Å². The van der Waals surface area contributed by atoms with Crippen molar-refractivity contribution < 1.29 is 5.11 Å². The molecular formula is C13H16N2OS. The highest BCUT2D eigenvalue weighted by atomic mass is 32.1. The van der Waals surface area contributed by atoms with Crippen LogP contribution in [0.25, 0.3) is 0 Å². The second-order valence-electron chi connectivity index (χ2n) is 4.06. The summed E-state index contributed by atoms with van der Waals surface area (Å²) in [5.74, 6) is 0.886. The molecule has 2 aromatic rings. The summed E-state index contributed by atoms with van der Waals surface area (Å²) in [6.07, 6.45) is 1.29. The average Bonchev–Trinajstić information content (AvgIpc) is 2.82. The maximum Gasteiger partial charge on any atom is 0.128 e. The van der Waals surface area contributed by atoms with Gasteiger partial charge in [0.15, 0.2) is 0 Å². The summed E-state index contributed by atoms with van der Waals surface area (Å²) in [5, 5.41) is 11.6. The van der Waals surface area contributed by atoms with E-state index >= 15 is 0 Å². The van der Waals surface area contributed by atoms with Crippen molar-refractivity contribution in [3.05, 3.63) is 46.3 Å². The first-order valence-corrected chi connectivity index (χ1v) is 6.42. The highest BCUT2D eigenvalue weighted by Crippen LogP contribution is 2.19. The van der Waals surface area contributed by atoms with Gasteiger partial charge in [-0.05, 0) is 36.1 Å². The molecule has 17 heavy (non-hydrogen) atoms. The van der Waals surface area contributed by atoms with Crippen LogP contribution in [-0.4, -0.2) is 17.1 Å². The lowest BCUT2D eigenvalue weighted by atomic mass is 10.2. The van der Waals surface area contributed by atoms with Crippen molar-refractivity contribution in [2.24, 2.45) is 0 Å². The van der Waals surface area contributed by atoms with E-state index in [0.29, 0.717) is 0 Å². The van der Waals surface area contributed by atoms with Crippen LogP contribution in [0, 0.1) is 0 Å². The van der Waals surface area contributed by atoms with Gasteiger partial charge in [-0.25, -0.2) is 4.98 Å². The zero-order valence-electron chi connectivity index (χ0n) is 10.00. The number of nitrogens with zero attached hydrogens (tertiary/aromatic N) is 2. The van der Waals surface area contributed by atoms with Crippen molar-refractivity contribution in [3.8, 4) is 0 Å². The maximum atomic E-state index is 9.54. The SMILES string of the molecule is C[C@H](O)c1ccnc(N(C)Cc2cccs2)c1. The standard InChI is InChI=1S/C13H16N2OS/c1-10(16)11-5-6-14-13(8-11)15(2)9-12-4-3-7-17-12/h3-8,10,16H,9H2,1-2H3/t10-/m0/s1. The largest absolute Gasteiger partial charge is 0.389 e. The lowest BCUT2D eigenvalue weighted by Gasteiger charge is -2.18. The Labute approximate surface area is 105 Å². The number of thiophene rings is 1. The molecule has 0 radical (unpaired) electrons. The Morgan fingerprint density at radius 2 is 2.29 bits per heavy atom. The molecule has 0 aliphatic carbocycles. The monoisotopic (exact) mass is 248 g/mol. The first-order chi connectivity index (χ1) is 8.16. The molecule has 0 spiro atoms. The summed E-state index contributed by atoms with van der Waals surface area (Å²) in [6.45, 7) is 2.60. The average molecular weight is 248 g/mol. The molecule has 1 atom stereocenters. The van der Waals surface area contributed by atoms with Gasteiger partial charge in [-0.1, -0.05) is 6.07 Å². The minimum Gasteiger partial charge on any atom is -0.389 e. The van der Waals surface area contributed by atoms with Crippen molar-refractivity contribution >= 4 is 17.2 Å². The van der Waals surface area contributed by atoms with Crippen LogP contribution in [-0.2, 0) is 6.54 Å². The van der Waals surface area contributed by atoms with Crippen molar-refractivity contribution in [2.75, 3.05) is 11.9 Å². The van der Waals surface area contributed by atoms with Crippen LogP contribution >= 0.6 is 11.3 Å². The number of hydrogen-bond donors (Lipinski definition) is 1. The lowest BCUT2D eigenvalue weighted by Crippen LogP contribution is -2.17. The molecule has 0 saturated heterocycles. The van der Waals surface area contributed by atoms with E-state index in [0.717, 1.165) is 17.9 Å². The molecule has 0 amide bonds. The zero-order chi connectivity index (χ0) is 12.3. The predicted octanol–water partition coefficient (Wildman–Crippen LogP) is 2.83. The molecule has 90 valence electrons. The fourth-order valence-corrected chi connectivity index (χ4v) is 2.38. The van der Waals surface area contributed by atoms with Crippen molar-refractivity contribution in [1.82, 2.24) is 4.98 Å². The molecule has 3 nitrogen and oxygen atoms in total. The van der Waals surface area contributed by atoms with Gasteiger partial charge in [-0.3, -0.25) is 0 Å². The molecule has 0 unspecified atom stereocenters. The molecule has 0 aliphatic heterocycles. The van der Waals surface area contributed by atoms with E-state index in [9.17, 15) is 5.11 Å². The Balaban J connectivity index is 2.13. The van der Waals surface area contributed by atoms with E-state index in [1.54, 1.807) is 24.5 Å². The summed E-state index contributed by atoms with van der Waals surface area (Å²) in [7, 11) is 2.01. The molecule has 2 aromatic heterocycles. The van der Waals surface area contributed by atoms with Gasteiger partial charge in [0.05, 0.1) is 12.6 Å². The van der Waals surface area contributed by atoms with Crippen LogP contribution < -0.4 is 4.90 Å². The van der Waals surface area contributed by atoms with Gasteiger partial charge < -0.3 is 10.0 Å². The molecule has 2 heterocycles. The van der Waals surface area contributed by atoms with E-state index in [1.807, 2.05) is 25.2 Å². The third-order valence-electron chi connectivity index (χ3n) is 2.62. The van der Waals surface area contributed by atoms with E-state index in [4.69, 9.17) is 0 Å². The van der Waals surface area contributed by atoms with E-state index in [-0.39, 0.29) is 0 Å². The van der Waals surface area contributed by atoms with Gasteiger partial charge in [0.25, 0.3) is 0 Å². The smallest absolute Gasteiger partial charge is 0.128 e. The zero-order valence-corrected chi connectivity index (χ0v) is 10.8. The van der Waals surface area contributed by atoms with Gasteiger partial charge in [0.1, 0.15) is 5.82 Å². The summed E-state index contributed by atoms with van der Waals surface area (Å²) in [6, 6.07) is 7.93. The molecule has 0 fully saturated rings. The number of pyridine rings is 1. The number of rotatable bonds is 4. The Morgan fingerprint density at radius 3 is 2.94 bits per heavy atom. The van der Waals surface area contributed by atoms with Crippen LogP contribution in [0.1, 0.15) is 23.5 Å². The molecule has 0 aliphatic rings. The summed E-state index contributed by atoms with van der Waals surface area (Å²) in [4.78, 5) is 7.71. The summed E-state index contributed by atoms with van der Waals surface area (Å²) >= 11 is 1.74. The van der Waals surface area contributed by atoms with Crippen LogP contribution in [0.4, 0.5) is 5.82 Å². The van der Waals surface area contributed by atoms with E-state index < -0.39 is 6.10 Å². The first kappa shape index (κ1) is 12.1. The number of hydrogen-bond acceptors (Lipinski definition) is 4. The van der Waals surface area contributed by atoms with Gasteiger partial charge >= 0.3 is 0 Å². The Bertz CT molecular complexity index is 468. The van der Waals surface area contributed by atoms with Gasteiger partial charge in [0.2, 0.25) is 0 Å². The number of aliphatic hydroxyl groups excluding tert-OH is 1. The summed E-state index contributed by atoms with van der Waals surface area (Å²) < 4.78 is 0. The first-order valence-electron chi connectivity index (χ1n) is 5.54. The molecule has 0 aromatic carbocycles. The van der Waals surface area contributed by atoms with Crippen molar-refractivity contribution in [2.45, 2.75) is 19.6 Å². The fourth-order valence-electron chi connectivity index (χ4n) is 1.62. The van der Waals surface area contributed by atoms with Gasteiger partial charge in [0, 0.05) is 18.1 Å². The number of aromatic nitrogens is 1. The normalized spacial score (nSPS) is 12.4. The molecule has 0 bridgehead atoms. The maximum absolute atomic E-state index is 9.54. The number of anilines is 1. The Hall–Kier alpha value is -1.39. The minimum atomic E-state index is -0.452. The quantitative estimate of drug-likeness (QED) is 0.904. The fraction of sp³-hybridized carbons (Fsp3) is 0.308. The molecule has 2 rings (SSSR count). The van der Waals surface area contributed by atoms with Crippen molar-refractivity contribution in [1.29, 1.82) is 0 Å². The molecule has 4 heteroatoms. The third kappa shape index (κ3) is 3.05. The number of aliphatic hydroxyl groups is 1. The van der Waals surface area contributed by atoms with Crippen molar-refractivity contribution in [3.63, 3.8) is 0 Å². The van der Waals surface area contributed by atoms with E-state index in [1.165, 1.54) is 4.88 Å². The highest BCUT2D eigenvalue weighted by Gasteiger charge is 2.07. The molecule has 0 saturated carbocycles. The summed E-state index contributed by atoms with van der Waals surface area (Å²) in [5.41, 5.74) is 0.896. The second-order valence-corrected chi connectivity index (χ2v) is 5.09. The molecular weight excluding hydrogens is 232 g/mol. The van der Waals surface area contributed by atoms with Crippen LogP contribution in [0.2, 0.25) is 0 Å². The predicted molar refractivity (Wildman–Crippen MR) is 71.3 cm³/mol. The van der Waals surface area contributed by atoms with Gasteiger partial charge in [-0.2, -0.15) is 0 Å². The van der Waals surface area contributed by atoms with Crippen LogP contribution in [0.15, 0.2) is 35.8 Å². The Morgan fingerprint density at radius 1 is 1.47 bits per heavy atom. The highest BCUT2D eigenvalue weighted by molar-refractivity contribution is 7.09. The van der Waals surface area contributed by atoms with Crippen LogP contribution in [0.5, 0.6) is 0 Å². The van der Waals surface area contributed by atoms with E-state index in [2.05, 4.69) is 21.3 Å².